The van der Waals surface area contributed by atoms with Crippen LogP contribution < -0.4 is 0 Å². The van der Waals surface area contributed by atoms with Crippen LogP contribution in [0.4, 0.5) is 0 Å². The summed E-state index contributed by atoms with van der Waals surface area (Å²) in [7, 11) is 0. The minimum atomic E-state index is 0.944. The topological polar surface area (TPSA) is 0 Å². The van der Waals surface area contributed by atoms with Gasteiger partial charge >= 0.3 is 0 Å². The molecule has 0 aromatic carbocycles. The van der Waals surface area contributed by atoms with Gasteiger partial charge in [0, 0.05) is 0 Å². The van der Waals surface area contributed by atoms with Crippen LogP contribution in [0.25, 0.3) is 0 Å². The fourth-order valence-electron chi connectivity index (χ4n) is 0. The first kappa shape index (κ1) is 15.8. The molecule has 0 nitrogen and oxygen atoms in total. The zero-order chi connectivity index (χ0) is 7.41. The zero-order valence-corrected chi connectivity index (χ0v) is 7.76. The fourth-order valence-corrected chi connectivity index (χ4v) is 0. The van der Waals surface area contributed by atoms with Crippen LogP contribution in [0.3, 0.4) is 0 Å². The third kappa shape index (κ3) is 1480. The van der Waals surface area contributed by atoms with Gasteiger partial charge in [0.15, 0.2) is 0 Å². The fraction of sp³-hybridized carbons (Fsp3) is 1.00. The van der Waals surface area contributed by atoms with Crippen molar-refractivity contribution in [3.05, 3.63) is 0 Å². The van der Waals surface area contributed by atoms with E-state index in [1.807, 2.05) is 20.8 Å². The molecule has 0 bridgehead atoms. The van der Waals surface area contributed by atoms with Crippen molar-refractivity contribution in [2.45, 2.75) is 41.0 Å². The molecule has 0 aromatic rings. The molecule has 0 unspecified atom stereocenters. The quantitative estimate of drug-likeness (QED) is 0.485. The maximum Gasteiger partial charge on any atom is -0.0126 e. The standard InChI is InChI=1S/C3H8.C2H6S.C2H6/c1-3-2;1-2-3;1-2/h3H2,1-2H3;3H,2H2,1H3;1-2H3. The lowest BCUT2D eigenvalue weighted by atomic mass is 10.6. The average molecular weight is 136 g/mol. The predicted molar refractivity (Wildman–Crippen MR) is 46.8 cm³/mol. The van der Waals surface area contributed by atoms with Crippen molar-refractivity contribution >= 4 is 12.6 Å². The van der Waals surface area contributed by atoms with Crippen LogP contribution >= 0.6 is 12.6 Å². The summed E-state index contributed by atoms with van der Waals surface area (Å²) < 4.78 is 0. The van der Waals surface area contributed by atoms with E-state index < -0.39 is 0 Å². The molecule has 0 radical (unpaired) electrons. The summed E-state index contributed by atoms with van der Waals surface area (Å²) >= 11 is 3.79. The molecule has 0 atom stereocenters. The Morgan fingerprint density at radius 3 is 1.00 bits per heavy atom. The molecule has 0 N–H and O–H groups in total. The minimum Gasteiger partial charge on any atom is -0.180 e. The first-order valence-electron chi connectivity index (χ1n) is 3.44. The van der Waals surface area contributed by atoms with Crippen LogP contribution in [0.1, 0.15) is 41.0 Å². The van der Waals surface area contributed by atoms with Gasteiger partial charge in [0.05, 0.1) is 0 Å². The Morgan fingerprint density at radius 1 is 1.00 bits per heavy atom. The van der Waals surface area contributed by atoms with E-state index >= 15 is 0 Å². The molecule has 0 aliphatic heterocycles. The largest absolute Gasteiger partial charge is 0.180 e. The molecule has 54 valence electrons. The summed E-state index contributed by atoms with van der Waals surface area (Å²) in [5.41, 5.74) is 0. The molecule has 0 aromatic heterocycles. The molecule has 0 rings (SSSR count). The van der Waals surface area contributed by atoms with E-state index in [2.05, 4.69) is 26.5 Å². The van der Waals surface area contributed by atoms with Gasteiger partial charge in [0.25, 0.3) is 0 Å². The Morgan fingerprint density at radius 2 is 1.00 bits per heavy atom. The molecule has 0 saturated heterocycles. The van der Waals surface area contributed by atoms with Crippen molar-refractivity contribution in [2.24, 2.45) is 0 Å². The maximum absolute atomic E-state index is 3.79. The van der Waals surface area contributed by atoms with Crippen molar-refractivity contribution in [1.82, 2.24) is 0 Å². The molecular weight excluding hydrogens is 116 g/mol. The number of thiol groups is 1. The van der Waals surface area contributed by atoms with Crippen LogP contribution in [0.5, 0.6) is 0 Å². The third-order valence-corrected chi connectivity index (χ3v) is 0. The van der Waals surface area contributed by atoms with Gasteiger partial charge in [0.1, 0.15) is 0 Å². The maximum atomic E-state index is 3.79. The van der Waals surface area contributed by atoms with Crippen molar-refractivity contribution in [3.63, 3.8) is 0 Å². The first-order valence-corrected chi connectivity index (χ1v) is 4.07. The van der Waals surface area contributed by atoms with Crippen LogP contribution in [0.15, 0.2) is 0 Å². The van der Waals surface area contributed by atoms with Crippen molar-refractivity contribution in [3.8, 4) is 0 Å². The second-order valence-electron chi connectivity index (χ2n) is 1.02. The number of hydrogen-bond donors (Lipinski definition) is 1. The van der Waals surface area contributed by atoms with Gasteiger partial charge in [0.2, 0.25) is 0 Å². The van der Waals surface area contributed by atoms with E-state index in [0.717, 1.165) is 5.75 Å². The number of rotatable bonds is 0. The van der Waals surface area contributed by atoms with Crippen molar-refractivity contribution < 1.29 is 0 Å². The van der Waals surface area contributed by atoms with Gasteiger partial charge in [-0.15, -0.1) is 0 Å². The van der Waals surface area contributed by atoms with Crippen LogP contribution in [-0.2, 0) is 0 Å². The molecule has 0 heterocycles. The highest BCUT2D eigenvalue weighted by Crippen LogP contribution is 1.58. The van der Waals surface area contributed by atoms with E-state index in [0.29, 0.717) is 0 Å². The lowest BCUT2D eigenvalue weighted by molar-refractivity contribution is 1.09. The Hall–Kier alpha value is 0.350. The summed E-state index contributed by atoms with van der Waals surface area (Å²) in [5.74, 6) is 0.944. The summed E-state index contributed by atoms with van der Waals surface area (Å²) in [6, 6.07) is 0. The molecule has 0 aliphatic carbocycles. The van der Waals surface area contributed by atoms with Gasteiger partial charge in [-0.25, -0.2) is 0 Å². The normalized spacial score (nSPS) is 5.25. The molecule has 0 aliphatic rings. The van der Waals surface area contributed by atoms with E-state index in [1.165, 1.54) is 6.42 Å². The molecular formula is C7H20S. The highest BCUT2D eigenvalue weighted by atomic mass is 32.1. The Bertz CT molecular complexity index is 6.35. The molecule has 0 fully saturated rings. The molecule has 0 saturated carbocycles. The molecule has 1 heteroatoms. The van der Waals surface area contributed by atoms with E-state index in [4.69, 9.17) is 0 Å². The smallest absolute Gasteiger partial charge is 0.0126 e. The lowest BCUT2D eigenvalue weighted by Gasteiger charge is -1.48. The molecule has 8 heavy (non-hydrogen) atoms. The van der Waals surface area contributed by atoms with Crippen molar-refractivity contribution in [1.29, 1.82) is 0 Å². The van der Waals surface area contributed by atoms with Crippen molar-refractivity contribution in [2.75, 3.05) is 5.75 Å². The number of hydrogen-bond acceptors (Lipinski definition) is 1. The highest BCUT2D eigenvalue weighted by molar-refractivity contribution is 7.80. The monoisotopic (exact) mass is 136 g/mol. The zero-order valence-electron chi connectivity index (χ0n) is 6.86. The second kappa shape index (κ2) is 53.7. The second-order valence-corrected chi connectivity index (χ2v) is 1.66. The predicted octanol–water partition coefficient (Wildman–Crippen LogP) is 3.38. The average Bonchev–Trinajstić information content (AvgIpc) is 1.75. The Labute approximate surface area is 60.1 Å². The van der Waals surface area contributed by atoms with Crippen LogP contribution in [0, 0.1) is 0 Å². The Kier molecular flexibility index (Phi) is 106. The first-order chi connectivity index (χ1) is 3.83. The van der Waals surface area contributed by atoms with E-state index in [-0.39, 0.29) is 0 Å². The van der Waals surface area contributed by atoms with Crippen LogP contribution in [-0.4, -0.2) is 5.75 Å². The van der Waals surface area contributed by atoms with E-state index in [1.54, 1.807) is 0 Å². The Balaban J connectivity index is -0.0000000483. The summed E-state index contributed by atoms with van der Waals surface area (Å²) in [6.45, 7) is 10.2. The van der Waals surface area contributed by atoms with Gasteiger partial charge in [-0.05, 0) is 5.75 Å². The third-order valence-electron chi connectivity index (χ3n) is 0. The summed E-state index contributed by atoms with van der Waals surface area (Å²) in [6.07, 6.45) is 1.25. The molecule has 0 spiro atoms. The van der Waals surface area contributed by atoms with Gasteiger partial charge in [-0.2, -0.15) is 12.6 Å². The minimum absolute atomic E-state index is 0.944. The SMILES string of the molecule is CC.CCC.CCS. The van der Waals surface area contributed by atoms with Gasteiger partial charge in [-0.3, -0.25) is 0 Å². The highest BCUT2D eigenvalue weighted by Gasteiger charge is 1.35. The summed E-state index contributed by atoms with van der Waals surface area (Å²) in [5, 5.41) is 0. The van der Waals surface area contributed by atoms with Gasteiger partial charge < -0.3 is 0 Å². The van der Waals surface area contributed by atoms with E-state index in [9.17, 15) is 0 Å². The summed E-state index contributed by atoms with van der Waals surface area (Å²) in [4.78, 5) is 0. The van der Waals surface area contributed by atoms with Gasteiger partial charge in [-0.1, -0.05) is 41.0 Å². The molecule has 0 amide bonds. The van der Waals surface area contributed by atoms with Crippen LogP contribution in [0.2, 0.25) is 0 Å². The lowest BCUT2D eigenvalue weighted by Crippen LogP contribution is -1.36.